The van der Waals surface area contributed by atoms with Gasteiger partial charge in [-0.15, -0.1) is 11.3 Å². The SMILES string of the molecule is O=C(N/N=C/c1ccccc1OC(=O)c1sc2ccccc2c1Cl)c1ccccc1O. The number of esters is 1. The average molecular weight is 451 g/mol. The molecule has 0 bridgehead atoms. The predicted molar refractivity (Wildman–Crippen MR) is 121 cm³/mol. The smallest absolute Gasteiger partial charge is 0.355 e. The van der Waals surface area contributed by atoms with E-state index in [2.05, 4.69) is 10.5 Å². The number of fused-ring (bicyclic) bond motifs is 1. The lowest BCUT2D eigenvalue weighted by Gasteiger charge is -2.06. The molecule has 0 saturated heterocycles. The van der Waals surface area contributed by atoms with Crippen molar-refractivity contribution in [2.24, 2.45) is 5.10 Å². The first-order valence-corrected chi connectivity index (χ1v) is 10.3. The zero-order chi connectivity index (χ0) is 21.8. The molecule has 0 fully saturated rings. The fourth-order valence-corrected chi connectivity index (χ4v) is 4.24. The molecule has 0 aliphatic heterocycles. The number of phenols is 1. The van der Waals surface area contributed by atoms with Crippen LogP contribution in [0.3, 0.4) is 0 Å². The minimum atomic E-state index is -0.578. The number of para-hydroxylation sites is 2. The first-order chi connectivity index (χ1) is 15.0. The Hall–Kier alpha value is -3.68. The topological polar surface area (TPSA) is 88.0 Å². The van der Waals surface area contributed by atoms with Gasteiger partial charge in [0.15, 0.2) is 0 Å². The molecule has 1 amide bonds. The van der Waals surface area contributed by atoms with E-state index in [1.807, 2.05) is 24.3 Å². The van der Waals surface area contributed by atoms with Crippen LogP contribution in [0, 0.1) is 0 Å². The molecule has 0 aliphatic carbocycles. The maximum Gasteiger partial charge on any atom is 0.355 e. The second kappa shape index (κ2) is 8.99. The highest BCUT2D eigenvalue weighted by Crippen LogP contribution is 2.36. The molecule has 8 heteroatoms. The van der Waals surface area contributed by atoms with Crippen LogP contribution in [0.1, 0.15) is 25.6 Å². The van der Waals surface area contributed by atoms with E-state index in [0.717, 1.165) is 10.1 Å². The molecule has 0 aliphatic rings. The van der Waals surface area contributed by atoms with Crippen LogP contribution in [0.25, 0.3) is 10.1 Å². The molecule has 2 N–H and O–H groups in total. The first-order valence-electron chi connectivity index (χ1n) is 9.14. The highest BCUT2D eigenvalue weighted by molar-refractivity contribution is 7.21. The number of aromatic hydroxyl groups is 1. The van der Waals surface area contributed by atoms with Crippen molar-refractivity contribution in [3.63, 3.8) is 0 Å². The number of carbonyl (C=O) groups is 2. The molecule has 4 rings (SSSR count). The van der Waals surface area contributed by atoms with E-state index in [9.17, 15) is 14.7 Å². The highest BCUT2D eigenvalue weighted by Gasteiger charge is 2.19. The van der Waals surface area contributed by atoms with Crippen molar-refractivity contribution in [3.05, 3.63) is 93.8 Å². The summed E-state index contributed by atoms with van der Waals surface area (Å²) in [6.07, 6.45) is 1.35. The lowest BCUT2D eigenvalue weighted by atomic mass is 10.2. The van der Waals surface area contributed by atoms with Gasteiger partial charge in [-0.1, -0.05) is 54.1 Å². The van der Waals surface area contributed by atoms with E-state index in [1.54, 1.807) is 36.4 Å². The fraction of sp³-hybridized carbons (Fsp3) is 0. The quantitative estimate of drug-likeness (QED) is 0.188. The number of phenolic OH excluding ortho intramolecular Hbond substituents is 1. The van der Waals surface area contributed by atoms with E-state index >= 15 is 0 Å². The fourth-order valence-electron chi connectivity index (χ4n) is 2.86. The lowest BCUT2D eigenvalue weighted by molar-refractivity contribution is 0.0739. The molecule has 0 unspecified atom stereocenters. The largest absolute Gasteiger partial charge is 0.507 e. The van der Waals surface area contributed by atoms with E-state index in [0.29, 0.717) is 15.5 Å². The zero-order valence-electron chi connectivity index (χ0n) is 15.9. The summed E-state index contributed by atoms with van der Waals surface area (Å²) in [6.45, 7) is 0. The van der Waals surface area contributed by atoms with Gasteiger partial charge in [-0.25, -0.2) is 10.2 Å². The van der Waals surface area contributed by atoms with Gasteiger partial charge in [0.25, 0.3) is 5.91 Å². The van der Waals surface area contributed by atoms with Gasteiger partial charge in [0.2, 0.25) is 0 Å². The van der Waals surface area contributed by atoms with Crippen molar-refractivity contribution in [2.45, 2.75) is 0 Å². The van der Waals surface area contributed by atoms with Gasteiger partial charge in [0, 0.05) is 15.6 Å². The average Bonchev–Trinajstić information content (AvgIpc) is 3.12. The van der Waals surface area contributed by atoms with E-state index < -0.39 is 11.9 Å². The third-order valence-corrected chi connectivity index (χ3v) is 6.02. The number of amides is 1. The van der Waals surface area contributed by atoms with Crippen LogP contribution in [0.5, 0.6) is 11.5 Å². The lowest BCUT2D eigenvalue weighted by Crippen LogP contribution is -2.17. The number of hydrogen-bond donors (Lipinski definition) is 2. The Morgan fingerprint density at radius 1 is 1.00 bits per heavy atom. The Bertz CT molecular complexity index is 1320. The van der Waals surface area contributed by atoms with Gasteiger partial charge >= 0.3 is 5.97 Å². The Balaban J connectivity index is 1.51. The van der Waals surface area contributed by atoms with E-state index in [4.69, 9.17) is 16.3 Å². The molecule has 3 aromatic carbocycles. The number of carbonyl (C=O) groups excluding carboxylic acids is 2. The van der Waals surface area contributed by atoms with Gasteiger partial charge in [-0.2, -0.15) is 5.10 Å². The van der Waals surface area contributed by atoms with E-state index in [-0.39, 0.29) is 17.1 Å². The summed E-state index contributed by atoms with van der Waals surface area (Å²) in [7, 11) is 0. The van der Waals surface area contributed by atoms with Gasteiger partial charge in [-0.3, -0.25) is 4.79 Å². The van der Waals surface area contributed by atoms with Crippen LogP contribution in [0.2, 0.25) is 5.02 Å². The van der Waals surface area contributed by atoms with Crippen molar-refractivity contribution < 1.29 is 19.4 Å². The minimum Gasteiger partial charge on any atom is -0.507 e. The molecular weight excluding hydrogens is 436 g/mol. The molecule has 1 heterocycles. The van der Waals surface area contributed by atoms with Crippen LogP contribution in [-0.2, 0) is 0 Å². The third-order valence-electron chi connectivity index (χ3n) is 4.36. The molecule has 0 saturated carbocycles. The maximum absolute atomic E-state index is 12.7. The monoisotopic (exact) mass is 450 g/mol. The molecule has 31 heavy (non-hydrogen) atoms. The summed E-state index contributed by atoms with van der Waals surface area (Å²) in [5.41, 5.74) is 2.91. The number of rotatable bonds is 5. The Labute approximate surface area is 186 Å². The molecule has 0 spiro atoms. The molecule has 6 nitrogen and oxygen atoms in total. The van der Waals surface area contributed by atoms with Crippen LogP contribution in [0.15, 0.2) is 77.9 Å². The van der Waals surface area contributed by atoms with Crippen molar-refractivity contribution in [3.8, 4) is 11.5 Å². The third kappa shape index (κ3) is 4.42. The van der Waals surface area contributed by atoms with Crippen molar-refractivity contribution in [1.82, 2.24) is 5.43 Å². The summed E-state index contributed by atoms with van der Waals surface area (Å²) in [6, 6.07) is 20.4. The molecule has 0 radical (unpaired) electrons. The number of thiophene rings is 1. The van der Waals surface area contributed by atoms with Gasteiger partial charge in [0.1, 0.15) is 16.4 Å². The Morgan fingerprint density at radius 3 is 2.52 bits per heavy atom. The van der Waals surface area contributed by atoms with E-state index in [1.165, 1.54) is 29.7 Å². The number of hydrogen-bond acceptors (Lipinski definition) is 6. The summed E-state index contributed by atoms with van der Waals surface area (Å²) >= 11 is 7.62. The zero-order valence-corrected chi connectivity index (χ0v) is 17.5. The number of halogens is 1. The summed E-state index contributed by atoms with van der Waals surface area (Å²) in [5.74, 6) is -1.03. The summed E-state index contributed by atoms with van der Waals surface area (Å²) in [5, 5.41) is 14.8. The van der Waals surface area contributed by atoms with Crippen molar-refractivity contribution in [1.29, 1.82) is 0 Å². The minimum absolute atomic E-state index is 0.0961. The summed E-state index contributed by atoms with van der Waals surface area (Å²) in [4.78, 5) is 25.2. The van der Waals surface area contributed by atoms with Crippen molar-refractivity contribution in [2.75, 3.05) is 0 Å². The molecule has 4 aromatic rings. The van der Waals surface area contributed by atoms with Crippen LogP contribution >= 0.6 is 22.9 Å². The Kier molecular flexibility index (Phi) is 5.97. The molecule has 0 atom stereocenters. The number of benzene rings is 3. The van der Waals surface area contributed by atoms with Crippen molar-refractivity contribution >= 4 is 51.1 Å². The van der Waals surface area contributed by atoms with Gasteiger partial charge < -0.3 is 9.84 Å². The number of hydrazone groups is 1. The first kappa shape index (κ1) is 20.6. The van der Waals surface area contributed by atoms with Crippen LogP contribution in [0.4, 0.5) is 0 Å². The second-order valence-corrected chi connectivity index (χ2v) is 7.82. The molecular formula is C23H15ClN2O4S. The maximum atomic E-state index is 12.7. The van der Waals surface area contributed by atoms with Gasteiger partial charge in [-0.05, 0) is 30.3 Å². The standard InChI is InChI=1S/C23H15ClN2O4S/c24-20-16-9-3-6-12-19(16)31-21(20)23(29)30-18-11-5-1-7-14(18)13-25-26-22(28)15-8-2-4-10-17(15)27/h1-13,27H,(H,26,28)/b25-13+. The second-order valence-electron chi connectivity index (χ2n) is 6.38. The molecule has 1 aromatic heterocycles. The van der Waals surface area contributed by atoms with Crippen LogP contribution < -0.4 is 10.2 Å². The Morgan fingerprint density at radius 2 is 1.71 bits per heavy atom. The number of ether oxygens (including phenoxy) is 1. The normalized spacial score (nSPS) is 11.0. The highest BCUT2D eigenvalue weighted by atomic mass is 35.5. The van der Waals surface area contributed by atoms with Gasteiger partial charge in [0.05, 0.1) is 16.8 Å². The van der Waals surface area contributed by atoms with Crippen LogP contribution in [-0.4, -0.2) is 23.2 Å². The predicted octanol–water partition coefficient (Wildman–Crippen LogP) is 5.24. The number of nitrogens with zero attached hydrogens (tertiary/aromatic N) is 1. The molecule has 154 valence electrons. The summed E-state index contributed by atoms with van der Waals surface area (Å²) < 4.78 is 6.44. The number of nitrogens with one attached hydrogen (secondary N) is 1.